The number of carbonyl (C=O) groups is 1. The minimum atomic E-state index is -0.0472. The first-order chi connectivity index (χ1) is 8.22. The maximum atomic E-state index is 10.9. The van der Waals surface area contributed by atoms with Crippen LogP contribution in [0.5, 0.6) is 0 Å². The van der Waals surface area contributed by atoms with E-state index in [9.17, 15) is 4.79 Å². The summed E-state index contributed by atoms with van der Waals surface area (Å²) in [6.45, 7) is 10.9. The Morgan fingerprint density at radius 2 is 1.53 bits per heavy atom. The zero-order chi connectivity index (χ0) is 13.4. The SMILES string of the molecule is CCCCCCCC(=O)OCC.CCNCC. The van der Waals surface area contributed by atoms with Gasteiger partial charge in [0.25, 0.3) is 0 Å². The zero-order valence-electron chi connectivity index (χ0n) is 12.2. The Kier molecular flexibility index (Phi) is 19.7. The lowest BCUT2D eigenvalue weighted by atomic mass is 10.1. The zero-order valence-corrected chi connectivity index (χ0v) is 12.2. The molecule has 0 radical (unpaired) electrons. The first-order valence-electron chi connectivity index (χ1n) is 7.09. The van der Waals surface area contributed by atoms with Gasteiger partial charge in [0.05, 0.1) is 6.61 Å². The predicted octanol–water partition coefficient (Wildman–Crippen LogP) is 3.53. The van der Waals surface area contributed by atoms with Crippen molar-refractivity contribution >= 4 is 5.97 Å². The van der Waals surface area contributed by atoms with Crippen LogP contribution >= 0.6 is 0 Å². The van der Waals surface area contributed by atoms with Crippen molar-refractivity contribution in [2.75, 3.05) is 19.7 Å². The third-order valence-electron chi connectivity index (χ3n) is 2.29. The number of esters is 1. The highest BCUT2D eigenvalue weighted by Crippen LogP contribution is 2.05. The van der Waals surface area contributed by atoms with Crippen LogP contribution in [0.4, 0.5) is 0 Å². The molecule has 0 bridgehead atoms. The number of ether oxygens (including phenoxy) is 1. The van der Waals surface area contributed by atoms with Crippen molar-refractivity contribution in [2.45, 2.75) is 66.2 Å². The Bertz CT molecular complexity index is 147. The fourth-order valence-electron chi connectivity index (χ4n) is 1.36. The van der Waals surface area contributed by atoms with Crippen LogP contribution < -0.4 is 5.32 Å². The van der Waals surface area contributed by atoms with E-state index in [1.165, 1.54) is 19.3 Å². The van der Waals surface area contributed by atoms with E-state index in [1.54, 1.807) is 0 Å². The summed E-state index contributed by atoms with van der Waals surface area (Å²) in [5, 5.41) is 3.11. The molecule has 0 amide bonds. The lowest BCUT2D eigenvalue weighted by Gasteiger charge is -2.00. The molecule has 104 valence electrons. The van der Waals surface area contributed by atoms with Crippen LogP contribution in [0.2, 0.25) is 0 Å². The van der Waals surface area contributed by atoms with E-state index in [1.807, 2.05) is 6.92 Å². The molecule has 0 fully saturated rings. The fraction of sp³-hybridized carbons (Fsp3) is 0.929. The smallest absolute Gasteiger partial charge is 0.305 e. The summed E-state index contributed by atoms with van der Waals surface area (Å²) < 4.78 is 4.81. The molecule has 0 aromatic rings. The molecule has 0 unspecified atom stereocenters. The number of hydrogen-bond donors (Lipinski definition) is 1. The minimum absolute atomic E-state index is 0.0472. The quantitative estimate of drug-likeness (QED) is 0.499. The van der Waals surface area contributed by atoms with Crippen molar-refractivity contribution in [3.63, 3.8) is 0 Å². The van der Waals surface area contributed by atoms with Gasteiger partial charge in [-0.1, -0.05) is 46.5 Å². The Morgan fingerprint density at radius 1 is 0.941 bits per heavy atom. The third-order valence-corrected chi connectivity index (χ3v) is 2.29. The Labute approximate surface area is 107 Å². The highest BCUT2D eigenvalue weighted by Gasteiger charge is 1.99. The van der Waals surface area contributed by atoms with Gasteiger partial charge >= 0.3 is 5.97 Å². The van der Waals surface area contributed by atoms with Crippen LogP contribution in [0.1, 0.15) is 66.2 Å². The van der Waals surface area contributed by atoms with E-state index < -0.39 is 0 Å². The molecule has 3 heteroatoms. The number of carbonyl (C=O) groups excluding carboxylic acids is 1. The van der Waals surface area contributed by atoms with Crippen molar-refractivity contribution in [2.24, 2.45) is 0 Å². The summed E-state index contributed by atoms with van der Waals surface area (Å²) in [4.78, 5) is 10.9. The Hall–Kier alpha value is -0.570. The van der Waals surface area contributed by atoms with Gasteiger partial charge in [0.15, 0.2) is 0 Å². The molecule has 0 spiro atoms. The van der Waals surface area contributed by atoms with Gasteiger partial charge in [-0.15, -0.1) is 0 Å². The first kappa shape index (κ1) is 18.8. The largest absolute Gasteiger partial charge is 0.466 e. The molecule has 0 saturated heterocycles. The summed E-state index contributed by atoms with van der Waals surface area (Å²) >= 11 is 0. The molecule has 0 atom stereocenters. The normalized spacial score (nSPS) is 9.41. The predicted molar refractivity (Wildman–Crippen MR) is 74.2 cm³/mol. The van der Waals surface area contributed by atoms with Crippen LogP contribution in [-0.2, 0) is 9.53 Å². The minimum Gasteiger partial charge on any atom is -0.466 e. The summed E-state index contributed by atoms with van der Waals surface area (Å²) in [6, 6.07) is 0. The molecule has 0 aromatic heterocycles. The second kappa shape index (κ2) is 17.8. The molecular formula is C14H31NO2. The van der Waals surface area contributed by atoms with Crippen LogP contribution in [-0.4, -0.2) is 25.7 Å². The summed E-state index contributed by atoms with van der Waals surface area (Å²) in [6.07, 6.45) is 6.52. The molecule has 17 heavy (non-hydrogen) atoms. The van der Waals surface area contributed by atoms with Crippen molar-refractivity contribution in [1.82, 2.24) is 5.32 Å². The van der Waals surface area contributed by atoms with Crippen molar-refractivity contribution in [1.29, 1.82) is 0 Å². The van der Waals surface area contributed by atoms with Gasteiger partial charge in [0.2, 0.25) is 0 Å². The van der Waals surface area contributed by atoms with Gasteiger partial charge in [-0.3, -0.25) is 4.79 Å². The number of rotatable bonds is 9. The van der Waals surface area contributed by atoms with Crippen molar-refractivity contribution < 1.29 is 9.53 Å². The van der Waals surface area contributed by atoms with E-state index in [2.05, 4.69) is 26.1 Å². The molecule has 0 heterocycles. The number of hydrogen-bond acceptors (Lipinski definition) is 3. The van der Waals surface area contributed by atoms with Crippen LogP contribution in [0, 0.1) is 0 Å². The van der Waals surface area contributed by atoms with Crippen molar-refractivity contribution in [3.05, 3.63) is 0 Å². The third kappa shape index (κ3) is 21.3. The van der Waals surface area contributed by atoms with Gasteiger partial charge in [-0.25, -0.2) is 0 Å². The Balaban J connectivity index is 0. The van der Waals surface area contributed by atoms with Crippen molar-refractivity contribution in [3.8, 4) is 0 Å². The molecule has 0 saturated carbocycles. The Morgan fingerprint density at radius 3 is 1.94 bits per heavy atom. The van der Waals surface area contributed by atoms with Crippen LogP contribution in [0.15, 0.2) is 0 Å². The average Bonchev–Trinajstić information content (AvgIpc) is 2.31. The lowest BCUT2D eigenvalue weighted by Crippen LogP contribution is -2.09. The standard InChI is InChI=1S/C10H20O2.C4H11N/c1-3-5-6-7-8-9-10(11)12-4-2;1-3-5-4-2/h3-9H2,1-2H3;5H,3-4H2,1-2H3. The molecule has 0 aliphatic carbocycles. The highest BCUT2D eigenvalue weighted by molar-refractivity contribution is 5.69. The molecular weight excluding hydrogens is 214 g/mol. The fourth-order valence-corrected chi connectivity index (χ4v) is 1.36. The van der Waals surface area contributed by atoms with Gasteiger partial charge in [0, 0.05) is 6.42 Å². The van der Waals surface area contributed by atoms with E-state index in [-0.39, 0.29) is 5.97 Å². The highest BCUT2D eigenvalue weighted by atomic mass is 16.5. The van der Waals surface area contributed by atoms with Gasteiger partial charge in [0.1, 0.15) is 0 Å². The van der Waals surface area contributed by atoms with Gasteiger partial charge in [-0.05, 0) is 26.4 Å². The number of unbranched alkanes of at least 4 members (excludes halogenated alkanes) is 4. The molecule has 0 aromatic carbocycles. The molecule has 3 nitrogen and oxygen atoms in total. The van der Waals surface area contributed by atoms with Gasteiger partial charge in [-0.2, -0.15) is 0 Å². The number of nitrogens with one attached hydrogen (secondary N) is 1. The van der Waals surface area contributed by atoms with Crippen LogP contribution in [0.3, 0.4) is 0 Å². The maximum absolute atomic E-state index is 10.9. The second-order valence-electron chi connectivity index (χ2n) is 3.93. The topological polar surface area (TPSA) is 38.3 Å². The second-order valence-corrected chi connectivity index (χ2v) is 3.93. The lowest BCUT2D eigenvalue weighted by molar-refractivity contribution is -0.143. The molecule has 1 N–H and O–H groups in total. The molecule has 0 rings (SSSR count). The maximum Gasteiger partial charge on any atom is 0.305 e. The summed E-state index contributed by atoms with van der Waals surface area (Å²) in [7, 11) is 0. The average molecular weight is 245 g/mol. The van der Waals surface area contributed by atoms with Gasteiger partial charge < -0.3 is 10.1 Å². The van der Waals surface area contributed by atoms with E-state index in [4.69, 9.17) is 4.74 Å². The van der Waals surface area contributed by atoms with E-state index in [0.29, 0.717) is 13.0 Å². The molecule has 0 aliphatic rings. The monoisotopic (exact) mass is 245 g/mol. The van der Waals surface area contributed by atoms with E-state index >= 15 is 0 Å². The van der Waals surface area contributed by atoms with E-state index in [0.717, 1.165) is 25.9 Å². The first-order valence-corrected chi connectivity index (χ1v) is 7.09. The summed E-state index contributed by atoms with van der Waals surface area (Å²) in [5.41, 5.74) is 0. The van der Waals surface area contributed by atoms with Crippen LogP contribution in [0.25, 0.3) is 0 Å². The molecule has 0 aliphatic heterocycles. The summed E-state index contributed by atoms with van der Waals surface area (Å²) in [5.74, 6) is -0.0472.